The average molecular weight is 382 g/mol. The molecule has 0 radical (unpaired) electrons. The second-order valence-corrected chi connectivity index (χ2v) is 8.02. The van der Waals surface area contributed by atoms with E-state index in [9.17, 15) is 9.59 Å². The van der Waals surface area contributed by atoms with E-state index in [1.165, 1.54) is 0 Å². The molecule has 7 aromatic rings. The standard InChI is InChI=1S/C28H14O2/c29-27-21-8-4-2-6-18(21)25-22(27)12-10-15-13-16-9-11-19-17-5-1-3-7-20(17)28(30)26(19)24(16)14-23(15)25/h1-14H. The molecule has 0 aliphatic carbocycles. The topological polar surface area (TPSA) is 34.1 Å². The monoisotopic (exact) mass is 382 g/mol. The zero-order valence-electron chi connectivity index (χ0n) is 15.9. The minimum Gasteiger partial charge on any atom is -0.289 e. The van der Waals surface area contributed by atoms with E-state index in [1.807, 2.05) is 60.7 Å². The van der Waals surface area contributed by atoms with Crippen molar-refractivity contribution in [2.45, 2.75) is 0 Å². The second-order valence-electron chi connectivity index (χ2n) is 8.02. The maximum atomic E-state index is 13.3. The zero-order chi connectivity index (χ0) is 20.0. The van der Waals surface area contributed by atoms with Crippen LogP contribution < -0.4 is 10.9 Å². The third-order valence-electron chi connectivity index (χ3n) is 6.53. The predicted molar refractivity (Wildman–Crippen MR) is 126 cm³/mol. The summed E-state index contributed by atoms with van der Waals surface area (Å²) in [6.07, 6.45) is 0. The largest absolute Gasteiger partial charge is 0.289 e. The highest BCUT2D eigenvalue weighted by Gasteiger charge is 2.16. The van der Waals surface area contributed by atoms with Crippen molar-refractivity contribution >= 4 is 64.6 Å². The van der Waals surface area contributed by atoms with Crippen molar-refractivity contribution in [2.24, 2.45) is 0 Å². The smallest absolute Gasteiger partial charge is 0.194 e. The number of benzene rings is 5. The maximum absolute atomic E-state index is 13.3. The molecule has 0 bridgehead atoms. The van der Waals surface area contributed by atoms with Gasteiger partial charge in [-0.1, -0.05) is 66.7 Å². The first-order valence-electron chi connectivity index (χ1n) is 10.0. The average Bonchev–Trinajstić information content (AvgIpc) is 3.25. The fourth-order valence-corrected chi connectivity index (χ4v) is 5.19. The van der Waals surface area contributed by atoms with Gasteiger partial charge in [-0.2, -0.15) is 0 Å². The lowest BCUT2D eigenvalue weighted by molar-refractivity contribution is 1.80. The van der Waals surface area contributed by atoms with Crippen molar-refractivity contribution in [3.05, 3.63) is 105 Å². The Hall–Kier alpha value is -4.04. The van der Waals surface area contributed by atoms with E-state index >= 15 is 0 Å². The molecule has 30 heavy (non-hydrogen) atoms. The van der Waals surface area contributed by atoms with Crippen molar-refractivity contribution in [1.82, 2.24) is 0 Å². The Morgan fingerprint density at radius 1 is 0.367 bits per heavy atom. The number of rotatable bonds is 0. The molecule has 0 amide bonds. The van der Waals surface area contributed by atoms with Crippen LogP contribution in [-0.2, 0) is 0 Å². The first kappa shape index (κ1) is 15.8. The van der Waals surface area contributed by atoms with Crippen LogP contribution in [0.3, 0.4) is 0 Å². The van der Waals surface area contributed by atoms with E-state index in [1.54, 1.807) is 0 Å². The van der Waals surface area contributed by atoms with E-state index in [2.05, 4.69) is 24.3 Å². The van der Waals surface area contributed by atoms with Crippen molar-refractivity contribution in [3.63, 3.8) is 0 Å². The van der Waals surface area contributed by atoms with E-state index in [0.717, 1.165) is 64.6 Å². The molecule has 0 atom stereocenters. The number of hydrogen-bond acceptors (Lipinski definition) is 2. The van der Waals surface area contributed by atoms with Crippen LogP contribution in [0.15, 0.2) is 94.5 Å². The molecular formula is C28H14O2. The Kier molecular flexibility index (Phi) is 2.80. The molecule has 0 saturated carbocycles. The molecule has 0 aliphatic rings. The van der Waals surface area contributed by atoms with Crippen LogP contribution in [0.5, 0.6) is 0 Å². The van der Waals surface area contributed by atoms with Crippen LogP contribution in [0, 0.1) is 0 Å². The highest BCUT2D eigenvalue weighted by Crippen LogP contribution is 2.36. The van der Waals surface area contributed by atoms with Gasteiger partial charge in [0, 0.05) is 26.9 Å². The van der Waals surface area contributed by atoms with Crippen LogP contribution >= 0.6 is 0 Å². The molecule has 0 aromatic heterocycles. The molecule has 7 rings (SSSR count). The lowest BCUT2D eigenvalue weighted by atomic mass is 9.97. The van der Waals surface area contributed by atoms with Gasteiger partial charge in [-0.15, -0.1) is 0 Å². The summed E-state index contributed by atoms with van der Waals surface area (Å²) in [5.74, 6) is 0. The summed E-state index contributed by atoms with van der Waals surface area (Å²) in [6, 6.07) is 27.9. The van der Waals surface area contributed by atoms with Gasteiger partial charge in [-0.3, -0.25) is 9.59 Å². The molecule has 0 aliphatic heterocycles. The van der Waals surface area contributed by atoms with Gasteiger partial charge in [-0.25, -0.2) is 0 Å². The van der Waals surface area contributed by atoms with Crippen molar-refractivity contribution < 1.29 is 0 Å². The normalized spacial score (nSPS) is 12.3. The van der Waals surface area contributed by atoms with Crippen LogP contribution in [0.25, 0.3) is 64.6 Å². The van der Waals surface area contributed by atoms with Gasteiger partial charge in [0.15, 0.2) is 10.9 Å². The quantitative estimate of drug-likeness (QED) is 0.293. The Balaban J connectivity index is 1.78. The third kappa shape index (κ3) is 1.79. The van der Waals surface area contributed by atoms with Crippen LogP contribution in [0.1, 0.15) is 0 Å². The van der Waals surface area contributed by atoms with Crippen LogP contribution in [0.4, 0.5) is 0 Å². The second kappa shape index (κ2) is 5.31. The lowest BCUT2D eigenvalue weighted by Gasteiger charge is -2.06. The molecule has 2 heteroatoms. The Bertz CT molecular complexity index is 1930. The van der Waals surface area contributed by atoms with E-state index in [0.29, 0.717) is 0 Å². The molecule has 0 unspecified atom stereocenters. The summed E-state index contributed by atoms with van der Waals surface area (Å²) >= 11 is 0. The molecule has 138 valence electrons. The van der Waals surface area contributed by atoms with Gasteiger partial charge < -0.3 is 0 Å². The summed E-state index contributed by atoms with van der Waals surface area (Å²) < 4.78 is 0. The molecule has 0 heterocycles. The SMILES string of the molecule is O=c1c2ccccc2c2c1ccc1cc3ccc4c5ccccc5c(=O)c4c3cc12. The molecule has 0 N–H and O–H groups in total. The maximum Gasteiger partial charge on any atom is 0.194 e. The van der Waals surface area contributed by atoms with Gasteiger partial charge >= 0.3 is 0 Å². The summed E-state index contributed by atoms with van der Waals surface area (Å²) in [5, 5.41) is 11.1. The highest BCUT2D eigenvalue weighted by molar-refractivity contribution is 6.27. The van der Waals surface area contributed by atoms with Gasteiger partial charge in [0.2, 0.25) is 0 Å². The molecular weight excluding hydrogens is 368 g/mol. The predicted octanol–water partition coefficient (Wildman–Crippen LogP) is 6.20. The third-order valence-corrected chi connectivity index (χ3v) is 6.53. The summed E-state index contributed by atoms with van der Waals surface area (Å²) in [4.78, 5) is 26.2. The van der Waals surface area contributed by atoms with Crippen molar-refractivity contribution in [3.8, 4) is 0 Å². The first-order chi connectivity index (χ1) is 14.7. The summed E-state index contributed by atoms with van der Waals surface area (Å²) in [7, 11) is 0. The fraction of sp³-hybridized carbons (Fsp3) is 0. The van der Waals surface area contributed by atoms with Crippen LogP contribution in [-0.4, -0.2) is 0 Å². The van der Waals surface area contributed by atoms with Gasteiger partial charge in [0.25, 0.3) is 0 Å². The van der Waals surface area contributed by atoms with Gasteiger partial charge in [-0.05, 0) is 55.9 Å². The van der Waals surface area contributed by atoms with Gasteiger partial charge in [0.1, 0.15) is 0 Å². The molecule has 0 spiro atoms. The number of hydrogen-bond donors (Lipinski definition) is 0. The Morgan fingerprint density at radius 3 is 1.63 bits per heavy atom. The minimum absolute atomic E-state index is 0.0735. The fourth-order valence-electron chi connectivity index (χ4n) is 5.19. The van der Waals surface area contributed by atoms with E-state index in [-0.39, 0.29) is 10.9 Å². The van der Waals surface area contributed by atoms with Crippen molar-refractivity contribution in [2.75, 3.05) is 0 Å². The van der Waals surface area contributed by atoms with E-state index < -0.39 is 0 Å². The number of fused-ring (bicyclic) bond motifs is 10. The summed E-state index contributed by atoms with van der Waals surface area (Å²) in [5.41, 5.74) is 0.152. The highest BCUT2D eigenvalue weighted by atomic mass is 16.1. The Labute approximate surface area is 170 Å². The molecule has 7 aromatic carbocycles. The first-order valence-corrected chi connectivity index (χ1v) is 10.0. The minimum atomic E-state index is 0.0735. The van der Waals surface area contributed by atoms with Gasteiger partial charge in [0.05, 0.1) is 0 Å². The van der Waals surface area contributed by atoms with Crippen molar-refractivity contribution in [1.29, 1.82) is 0 Å². The molecule has 0 saturated heterocycles. The lowest BCUT2D eigenvalue weighted by Crippen LogP contribution is -1.95. The summed E-state index contributed by atoms with van der Waals surface area (Å²) in [6.45, 7) is 0. The molecule has 2 nitrogen and oxygen atoms in total. The Morgan fingerprint density at radius 2 is 0.900 bits per heavy atom. The van der Waals surface area contributed by atoms with Crippen LogP contribution in [0.2, 0.25) is 0 Å². The zero-order valence-corrected chi connectivity index (χ0v) is 15.9. The van der Waals surface area contributed by atoms with E-state index in [4.69, 9.17) is 0 Å². The molecule has 0 fully saturated rings.